The van der Waals surface area contributed by atoms with Crippen LogP contribution in [-0.2, 0) is 28.2 Å². The maximum Gasteiger partial charge on any atom is 0.314 e. The lowest BCUT2D eigenvalue weighted by Gasteiger charge is -2.16. The van der Waals surface area contributed by atoms with Crippen molar-refractivity contribution in [3.8, 4) is 5.75 Å². The van der Waals surface area contributed by atoms with Crippen molar-refractivity contribution in [2.75, 3.05) is 7.11 Å². The van der Waals surface area contributed by atoms with Crippen LogP contribution in [0.3, 0.4) is 0 Å². The second-order valence-corrected chi connectivity index (χ2v) is 4.70. The van der Waals surface area contributed by atoms with Crippen LogP contribution in [0.1, 0.15) is 29.5 Å². The second-order valence-electron chi connectivity index (χ2n) is 4.70. The Morgan fingerprint density at radius 1 is 1.35 bits per heavy atom. The number of fused-ring (bicyclic) bond motifs is 1. The Kier molecular flexibility index (Phi) is 2.16. The van der Waals surface area contributed by atoms with E-state index in [2.05, 4.69) is 0 Å². The van der Waals surface area contributed by atoms with Crippen LogP contribution in [0.25, 0.3) is 0 Å². The van der Waals surface area contributed by atoms with Crippen molar-refractivity contribution >= 4 is 5.97 Å². The Hall–Kier alpha value is -1.55. The maximum atomic E-state index is 11.4. The molecule has 1 fully saturated rings. The van der Waals surface area contributed by atoms with E-state index in [4.69, 9.17) is 9.47 Å². The van der Waals surface area contributed by atoms with Crippen molar-refractivity contribution in [1.29, 1.82) is 0 Å². The van der Waals surface area contributed by atoms with Gasteiger partial charge in [0.15, 0.2) is 0 Å². The van der Waals surface area contributed by atoms with Gasteiger partial charge in [0.2, 0.25) is 0 Å². The predicted octanol–water partition coefficient (Wildman–Crippen LogP) is 1.84. The molecule has 0 saturated heterocycles. The summed E-state index contributed by atoms with van der Waals surface area (Å²) in [4.78, 5) is 11.4. The van der Waals surface area contributed by atoms with Crippen molar-refractivity contribution in [3.63, 3.8) is 0 Å². The molecule has 2 aliphatic rings. The summed E-state index contributed by atoms with van der Waals surface area (Å²) in [6.45, 7) is 1.16. The lowest BCUT2D eigenvalue weighted by molar-refractivity contribution is -0.140. The molecule has 3 rings (SSSR count). The number of ether oxygens (including phenoxy) is 2. The van der Waals surface area contributed by atoms with Gasteiger partial charge in [-0.3, -0.25) is 4.79 Å². The van der Waals surface area contributed by atoms with Crippen molar-refractivity contribution < 1.29 is 19.4 Å². The molecule has 1 N–H and O–H groups in total. The summed E-state index contributed by atoms with van der Waals surface area (Å²) in [7, 11) is 1.58. The van der Waals surface area contributed by atoms with E-state index >= 15 is 0 Å². The topological polar surface area (TPSA) is 55.8 Å². The fourth-order valence-corrected chi connectivity index (χ4v) is 2.47. The van der Waals surface area contributed by atoms with E-state index in [0.717, 1.165) is 16.7 Å². The van der Waals surface area contributed by atoms with E-state index in [1.807, 2.05) is 12.1 Å². The van der Waals surface area contributed by atoms with Gasteiger partial charge >= 0.3 is 5.97 Å². The number of rotatable bonds is 3. The quantitative estimate of drug-likeness (QED) is 0.867. The standard InChI is InChI=1S/C13H14O4/c1-16-11-5-9-7-17-6-8(9)4-10(11)13(2-3-13)12(14)15/h4-5H,2-3,6-7H2,1H3,(H,14,15). The van der Waals surface area contributed by atoms with E-state index in [9.17, 15) is 9.90 Å². The van der Waals surface area contributed by atoms with Gasteiger partial charge in [-0.05, 0) is 36.1 Å². The van der Waals surface area contributed by atoms with E-state index < -0.39 is 11.4 Å². The van der Waals surface area contributed by atoms with E-state index in [0.29, 0.717) is 31.8 Å². The highest BCUT2D eigenvalue weighted by atomic mass is 16.5. The highest BCUT2D eigenvalue weighted by molar-refractivity contribution is 5.86. The number of methoxy groups -OCH3 is 1. The Morgan fingerprint density at radius 3 is 2.53 bits per heavy atom. The fraction of sp³-hybridized carbons (Fsp3) is 0.462. The third-order valence-electron chi connectivity index (χ3n) is 3.71. The molecule has 1 aromatic rings. The first-order valence-corrected chi connectivity index (χ1v) is 5.69. The summed E-state index contributed by atoms with van der Waals surface area (Å²) in [5.41, 5.74) is 2.28. The average molecular weight is 234 g/mol. The van der Waals surface area contributed by atoms with Crippen molar-refractivity contribution in [2.24, 2.45) is 0 Å². The zero-order chi connectivity index (χ0) is 12.0. The molecule has 4 heteroatoms. The molecule has 1 saturated carbocycles. The summed E-state index contributed by atoms with van der Waals surface area (Å²) in [6, 6.07) is 3.86. The third-order valence-corrected chi connectivity index (χ3v) is 3.71. The smallest absolute Gasteiger partial charge is 0.314 e. The molecule has 1 aliphatic carbocycles. The molecule has 0 radical (unpaired) electrons. The molecule has 0 amide bonds. The summed E-state index contributed by atoms with van der Waals surface area (Å²) in [5.74, 6) is -0.0798. The van der Waals surface area contributed by atoms with E-state index in [1.54, 1.807) is 7.11 Å². The molecule has 0 spiro atoms. The molecule has 1 heterocycles. The van der Waals surface area contributed by atoms with Crippen LogP contribution >= 0.6 is 0 Å². The Labute approximate surface area is 99.2 Å². The monoisotopic (exact) mass is 234 g/mol. The van der Waals surface area contributed by atoms with Gasteiger partial charge in [-0.25, -0.2) is 0 Å². The molecule has 0 atom stereocenters. The van der Waals surface area contributed by atoms with Gasteiger partial charge in [-0.2, -0.15) is 0 Å². The largest absolute Gasteiger partial charge is 0.496 e. The minimum atomic E-state index is -0.755. The number of carbonyl (C=O) groups is 1. The van der Waals surface area contributed by atoms with Crippen LogP contribution in [0.15, 0.2) is 12.1 Å². The summed E-state index contributed by atoms with van der Waals surface area (Å²) in [6.07, 6.45) is 1.39. The van der Waals surface area contributed by atoms with Gasteiger partial charge < -0.3 is 14.6 Å². The van der Waals surface area contributed by atoms with Gasteiger partial charge in [0.05, 0.1) is 25.7 Å². The zero-order valence-electron chi connectivity index (χ0n) is 9.66. The van der Waals surface area contributed by atoms with Crippen LogP contribution in [0.2, 0.25) is 0 Å². The number of hydrogen-bond acceptors (Lipinski definition) is 3. The molecule has 1 aliphatic heterocycles. The van der Waals surface area contributed by atoms with E-state index in [1.165, 1.54) is 0 Å². The molecule has 0 unspecified atom stereocenters. The number of benzene rings is 1. The van der Waals surface area contributed by atoms with E-state index in [-0.39, 0.29) is 0 Å². The second kappa shape index (κ2) is 3.47. The zero-order valence-corrected chi connectivity index (χ0v) is 9.66. The fourth-order valence-electron chi connectivity index (χ4n) is 2.47. The first-order valence-electron chi connectivity index (χ1n) is 5.69. The summed E-state index contributed by atoms with van der Waals surface area (Å²) < 4.78 is 10.7. The van der Waals surface area contributed by atoms with Crippen LogP contribution in [0, 0.1) is 0 Å². The molecule has 90 valence electrons. The first kappa shape index (κ1) is 10.6. The Balaban J connectivity index is 2.13. The normalized spacial score (nSPS) is 19.8. The lowest BCUT2D eigenvalue weighted by Crippen LogP contribution is -2.20. The van der Waals surface area contributed by atoms with Gasteiger partial charge in [0, 0.05) is 5.56 Å². The Morgan fingerprint density at radius 2 is 2.00 bits per heavy atom. The summed E-state index contributed by atoms with van der Waals surface area (Å²) in [5, 5.41) is 9.34. The molecule has 1 aromatic carbocycles. The molecular weight excluding hydrogens is 220 g/mol. The minimum Gasteiger partial charge on any atom is -0.496 e. The van der Waals surface area contributed by atoms with Crippen LogP contribution in [0.5, 0.6) is 5.75 Å². The first-order chi connectivity index (χ1) is 8.17. The van der Waals surface area contributed by atoms with Gasteiger partial charge in [0.25, 0.3) is 0 Å². The molecule has 0 aromatic heterocycles. The predicted molar refractivity (Wildman–Crippen MR) is 60.0 cm³/mol. The van der Waals surface area contributed by atoms with Crippen molar-refractivity contribution in [2.45, 2.75) is 31.5 Å². The number of carboxylic acid groups (broad SMARTS) is 1. The van der Waals surface area contributed by atoms with Crippen molar-refractivity contribution in [1.82, 2.24) is 0 Å². The minimum absolute atomic E-state index is 0.571. The van der Waals surface area contributed by atoms with Crippen LogP contribution < -0.4 is 4.74 Å². The number of hydrogen-bond donors (Lipinski definition) is 1. The molecule has 0 bridgehead atoms. The van der Waals surface area contributed by atoms with Crippen LogP contribution in [0.4, 0.5) is 0 Å². The number of aliphatic carboxylic acids is 1. The van der Waals surface area contributed by atoms with Gasteiger partial charge in [-0.1, -0.05) is 0 Å². The van der Waals surface area contributed by atoms with Gasteiger partial charge in [-0.15, -0.1) is 0 Å². The SMILES string of the molecule is COc1cc2c(cc1C1(C(=O)O)CC1)COC2. The third kappa shape index (κ3) is 1.44. The summed E-state index contributed by atoms with van der Waals surface area (Å²) >= 11 is 0. The molecule has 4 nitrogen and oxygen atoms in total. The lowest BCUT2D eigenvalue weighted by atomic mass is 9.92. The number of carboxylic acids is 1. The highest BCUT2D eigenvalue weighted by Crippen LogP contribution is 2.52. The average Bonchev–Trinajstić information content (AvgIpc) is 3.01. The molecule has 17 heavy (non-hydrogen) atoms. The van der Waals surface area contributed by atoms with Crippen molar-refractivity contribution in [3.05, 3.63) is 28.8 Å². The maximum absolute atomic E-state index is 11.4. The highest BCUT2D eigenvalue weighted by Gasteiger charge is 2.53. The molecular formula is C13H14O4. The Bertz CT molecular complexity index is 488. The van der Waals surface area contributed by atoms with Gasteiger partial charge in [0.1, 0.15) is 5.75 Å². The van der Waals surface area contributed by atoms with Crippen LogP contribution in [-0.4, -0.2) is 18.2 Å².